The molecule has 0 spiro atoms. The number of fused-ring (bicyclic) bond motifs is 12. The maximum absolute atomic E-state index is 6.29. The number of rotatable bonds is 9. The van der Waals surface area contributed by atoms with Gasteiger partial charge < -0.3 is 13.4 Å². The van der Waals surface area contributed by atoms with Gasteiger partial charge in [0.2, 0.25) is 5.95 Å². The number of hydrogen-bond acceptors (Lipinski definition) is 4. The van der Waals surface area contributed by atoms with Crippen molar-refractivity contribution in [2.24, 2.45) is 0 Å². The van der Waals surface area contributed by atoms with Crippen LogP contribution in [0.25, 0.3) is 177 Å². The highest BCUT2D eigenvalue weighted by molar-refractivity contribution is 6.13. The predicted molar refractivity (Wildman–Crippen MR) is 363 cm³/mol. The van der Waals surface area contributed by atoms with Crippen molar-refractivity contribution in [1.82, 2.24) is 19.1 Å². The minimum absolute atomic E-state index is 0.574. The average molecular weight is 1120 g/mol. The largest absolute Gasteiger partial charge is 0.456 e. The van der Waals surface area contributed by atoms with Gasteiger partial charge in [0.15, 0.2) is 0 Å². The second-order valence-electron chi connectivity index (χ2n) is 22.8. The van der Waals surface area contributed by atoms with Gasteiger partial charge in [0.1, 0.15) is 22.3 Å². The molecule has 0 N–H and O–H groups in total. The second kappa shape index (κ2) is 19.9. The van der Waals surface area contributed by atoms with Crippen LogP contribution in [0.1, 0.15) is 0 Å². The van der Waals surface area contributed by atoms with Gasteiger partial charge in [-0.25, -0.2) is 9.97 Å². The van der Waals surface area contributed by atoms with E-state index in [1.165, 1.54) is 33.0 Å². The molecule has 0 aliphatic rings. The van der Waals surface area contributed by atoms with Crippen LogP contribution < -0.4 is 0 Å². The molecule has 0 aliphatic heterocycles. The molecule has 0 aliphatic carbocycles. The molecule has 0 unspecified atom stereocenters. The summed E-state index contributed by atoms with van der Waals surface area (Å²) >= 11 is 0. The van der Waals surface area contributed by atoms with Crippen LogP contribution in [-0.2, 0) is 0 Å². The van der Waals surface area contributed by atoms with E-state index in [0.717, 1.165) is 138 Å². The lowest BCUT2D eigenvalue weighted by Gasteiger charge is -2.15. The van der Waals surface area contributed by atoms with Gasteiger partial charge in [0.25, 0.3) is 0 Å². The van der Waals surface area contributed by atoms with Crippen LogP contribution in [0.2, 0.25) is 0 Å². The molecular weight excluding hydrogens is 1070 g/mol. The van der Waals surface area contributed by atoms with Crippen LogP contribution >= 0.6 is 0 Å². The molecule has 0 bridgehead atoms. The van der Waals surface area contributed by atoms with E-state index in [2.05, 4.69) is 288 Å². The summed E-state index contributed by atoms with van der Waals surface area (Å²) in [6, 6.07) is 109. The van der Waals surface area contributed by atoms with Gasteiger partial charge in [-0.05, 0) is 147 Å². The molecule has 5 heterocycles. The van der Waals surface area contributed by atoms with Crippen molar-refractivity contribution in [3.8, 4) is 89.8 Å². The highest BCUT2D eigenvalue weighted by Gasteiger charge is 2.21. The topological polar surface area (TPSA) is 61.9 Å². The fraction of sp³-hybridized carbons (Fsp3) is 0. The molecule has 410 valence electrons. The summed E-state index contributed by atoms with van der Waals surface area (Å²) in [5.74, 6) is 0.574. The monoisotopic (exact) mass is 1120 g/mol. The van der Waals surface area contributed by atoms with Crippen LogP contribution in [0.3, 0.4) is 0 Å². The van der Waals surface area contributed by atoms with Crippen molar-refractivity contribution in [2.75, 3.05) is 0 Å². The first-order chi connectivity index (χ1) is 43.6. The molecule has 18 rings (SSSR count). The van der Waals surface area contributed by atoms with E-state index in [1.807, 2.05) is 24.3 Å². The lowest BCUT2D eigenvalue weighted by atomic mass is 9.90. The summed E-state index contributed by atoms with van der Waals surface area (Å²) in [5.41, 5.74) is 23.7. The normalized spacial score (nSPS) is 11.9. The van der Waals surface area contributed by atoms with Gasteiger partial charge in [0.05, 0.1) is 33.5 Å². The predicted octanol–water partition coefficient (Wildman–Crippen LogP) is 22.1. The number of furan rings is 2. The van der Waals surface area contributed by atoms with Crippen LogP contribution in [0.15, 0.2) is 312 Å². The summed E-state index contributed by atoms with van der Waals surface area (Å²) in [7, 11) is 0. The molecule has 5 aromatic heterocycles. The summed E-state index contributed by atoms with van der Waals surface area (Å²) < 4.78 is 17.2. The molecule has 0 saturated carbocycles. The van der Waals surface area contributed by atoms with Gasteiger partial charge in [0, 0.05) is 59.9 Å². The Morgan fingerprint density at radius 3 is 1.24 bits per heavy atom. The van der Waals surface area contributed by atoms with Crippen LogP contribution in [0.4, 0.5) is 0 Å². The van der Waals surface area contributed by atoms with E-state index in [0.29, 0.717) is 5.95 Å². The zero-order valence-corrected chi connectivity index (χ0v) is 47.5. The average Bonchev–Trinajstić information content (AvgIpc) is 2.39. The Morgan fingerprint density at radius 1 is 0.216 bits per heavy atom. The van der Waals surface area contributed by atoms with Crippen LogP contribution in [-0.4, -0.2) is 19.1 Å². The Morgan fingerprint density at radius 2 is 0.625 bits per heavy atom. The zero-order valence-electron chi connectivity index (χ0n) is 47.5. The molecule has 0 amide bonds. The molecule has 0 atom stereocenters. The molecule has 6 heteroatoms. The first kappa shape index (κ1) is 49.6. The fourth-order valence-electron chi connectivity index (χ4n) is 13.5. The van der Waals surface area contributed by atoms with Gasteiger partial charge in [-0.15, -0.1) is 0 Å². The highest BCUT2D eigenvalue weighted by Crippen LogP contribution is 2.42. The number of hydrogen-bond donors (Lipinski definition) is 0. The number of para-hydroxylation sites is 4. The maximum Gasteiger partial charge on any atom is 0.235 e. The van der Waals surface area contributed by atoms with Gasteiger partial charge in [-0.3, -0.25) is 4.57 Å². The Bertz CT molecular complexity index is 5830. The van der Waals surface area contributed by atoms with Crippen molar-refractivity contribution in [3.05, 3.63) is 303 Å². The smallest absolute Gasteiger partial charge is 0.235 e. The third kappa shape index (κ3) is 8.11. The van der Waals surface area contributed by atoms with E-state index >= 15 is 0 Å². The molecule has 0 fully saturated rings. The van der Waals surface area contributed by atoms with Crippen molar-refractivity contribution >= 4 is 87.5 Å². The quantitative estimate of drug-likeness (QED) is 0.144. The molecule has 0 radical (unpaired) electrons. The minimum Gasteiger partial charge on any atom is -0.456 e. The van der Waals surface area contributed by atoms with E-state index in [-0.39, 0.29) is 0 Å². The van der Waals surface area contributed by atoms with Crippen LogP contribution in [0.5, 0.6) is 0 Å². The maximum atomic E-state index is 6.29. The Hall–Kier alpha value is -11.9. The van der Waals surface area contributed by atoms with Crippen molar-refractivity contribution < 1.29 is 8.83 Å². The van der Waals surface area contributed by atoms with Crippen molar-refractivity contribution in [3.63, 3.8) is 0 Å². The molecule has 18 aromatic rings. The molecule has 13 aromatic carbocycles. The second-order valence-corrected chi connectivity index (χ2v) is 22.8. The number of benzene rings is 13. The lowest BCUT2D eigenvalue weighted by molar-refractivity contribution is 0.668. The standard InChI is InChI=1S/C82H50N4O2/c1-3-17-51(18-4-1)62-38-33-54(45-69(62)52-19-5-2-6-20-52)53-21-15-22-59(43-53)72-50-73(84-82(83-72)86-75-30-12-8-26-64(75)66-40-35-58(49-77(66)86)56-37-42-81-71(47-56)68-28-10-14-32-79(68)88-81)60-23-16-24-61(44-60)85-74-29-11-7-25-63(74)65-39-34-57(48-76(65)85)55-36-41-80-70(46-55)67-27-9-13-31-78(67)87-80/h1-50H. The summed E-state index contributed by atoms with van der Waals surface area (Å²) in [6.45, 7) is 0. The highest BCUT2D eigenvalue weighted by atomic mass is 16.3. The van der Waals surface area contributed by atoms with Gasteiger partial charge in [-0.2, -0.15) is 0 Å². The van der Waals surface area contributed by atoms with Crippen LogP contribution in [0, 0.1) is 0 Å². The molecular formula is C82H50N4O2. The van der Waals surface area contributed by atoms with Crippen molar-refractivity contribution in [1.29, 1.82) is 0 Å². The minimum atomic E-state index is 0.574. The van der Waals surface area contributed by atoms with E-state index < -0.39 is 0 Å². The molecule has 0 saturated heterocycles. The van der Waals surface area contributed by atoms with E-state index in [9.17, 15) is 0 Å². The molecule has 6 nitrogen and oxygen atoms in total. The van der Waals surface area contributed by atoms with E-state index in [4.69, 9.17) is 18.8 Å². The van der Waals surface area contributed by atoms with E-state index in [1.54, 1.807) is 0 Å². The first-order valence-electron chi connectivity index (χ1n) is 29.8. The SMILES string of the molecule is c1ccc(-c2ccc(-c3cccc(-c4cc(-c5cccc(-n6c7ccccc7c7ccc(-c8ccc9oc%10ccccc%10c9c8)cc76)c5)nc(-n5c6ccccc6c6ccc(-c7ccc8oc9ccccc9c8c7)cc65)n4)c3)cc2-c2ccccc2)cc1. The zero-order chi connectivity index (χ0) is 57.8. The summed E-state index contributed by atoms with van der Waals surface area (Å²) in [5, 5.41) is 9.01. The first-order valence-corrected chi connectivity index (χ1v) is 29.8. The summed E-state index contributed by atoms with van der Waals surface area (Å²) in [6.07, 6.45) is 0. The Balaban J connectivity index is 0.824. The lowest BCUT2D eigenvalue weighted by Crippen LogP contribution is -2.04. The third-order valence-electron chi connectivity index (χ3n) is 17.8. The van der Waals surface area contributed by atoms with Crippen molar-refractivity contribution in [2.45, 2.75) is 0 Å². The van der Waals surface area contributed by atoms with Gasteiger partial charge in [-0.1, -0.05) is 212 Å². The summed E-state index contributed by atoms with van der Waals surface area (Å²) in [4.78, 5) is 11.3. The van der Waals surface area contributed by atoms with Gasteiger partial charge >= 0.3 is 0 Å². The fourth-order valence-corrected chi connectivity index (χ4v) is 13.5. The Kier molecular flexibility index (Phi) is 11.2. The molecule has 88 heavy (non-hydrogen) atoms. The number of nitrogens with zero attached hydrogens (tertiary/aromatic N) is 4. The number of aromatic nitrogens is 4. The Labute approximate surface area is 505 Å². The third-order valence-corrected chi connectivity index (χ3v) is 17.8.